The second-order valence-electron chi connectivity index (χ2n) is 10.5. The zero-order valence-corrected chi connectivity index (χ0v) is 22.3. The van der Waals surface area contributed by atoms with Crippen LogP contribution in [0.1, 0.15) is 66.8 Å². The molecule has 0 spiro atoms. The molecule has 0 radical (unpaired) electrons. The van der Waals surface area contributed by atoms with Gasteiger partial charge in [-0.2, -0.15) is 26.3 Å². The van der Waals surface area contributed by atoms with E-state index in [9.17, 15) is 26.3 Å². The molecule has 10 heteroatoms. The van der Waals surface area contributed by atoms with Crippen LogP contribution in [0, 0.1) is 0 Å². The van der Waals surface area contributed by atoms with Gasteiger partial charge in [0.25, 0.3) is 0 Å². The average molecular weight is 558 g/mol. The largest absolute Gasteiger partial charge is 0.496 e. The maximum atomic E-state index is 13.3. The van der Waals surface area contributed by atoms with E-state index in [1.165, 1.54) is 32.1 Å². The molecular formula is C29H37F6N3O. The predicted octanol–water partition coefficient (Wildman–Crippen LogP) is 6.90. The summed E-state index contributed by atoms with van der Waals surface area (Å²) in [6.07, 6.45) is -2.45. The van der Waals surface area contributed by atoms with Gasteiger partial charge < -0.3 is 10.1 Å². The lowest BCUT2D eigenvalue weighted by atomic mass is 9.94. The Kier molecular flexibility index (Phi) is 9.82. The highest BCUT2D eigenvalue weighted by molar-refractivity contribution is 5.37. The number of nitrogens with zero attached hydrogens (tertiary/aromatic N) is 2. The van der Waals surface area contributed by atoms with E-state index in [-0.39, 0.29) is 24.2 Å². The number of rotatable bonds is 8. The molecule has 0 bridgehead atoms. The molecule has 1 saturated heterocycles. The van der Waals surface area contributed by atoms with Crippen molar-refractivity contribution in [1.82, 2.24) is 15.1 Å². The van der Waals surface area contributed by atoms with Gasteiger partial charge in [-0.15, -0.1) is 0 Å². The smallest absolute Gasteiger partial charge is 0.416 e. The summed E-state index contributed by atoms with van der Waals surface area (Å²) in [6.45, 7) is 3.84. The molecule has 1 aliphatic carbocycles. The fourth-order valence-corrected chi connectivity index (χ4v) is 5.93. The summed E-state index contributed by atoms with van der Waals surface area (Å²) >= 11 is 0. The number of halogens is 6. The van der Waals surface area contributed by atoms with E-state index in [4.69, 9.17) is 4.74 Å². The minimum atomic E-state index is -4.87. The summed E-state index contributed by atoms with van der Waals surface area (Å²) in [6, 6.07) is 9.84. The number of ether oxygens (including phenoxy) is 1. The van der Waals surface area contributed by atoms with Crippen LogP contribution in [0.4, 0.5) is 26.3 Å². The summed E-state index contributed by atoms with van der Waals surface area (Å²) in [4.78, 5) is 4.95. The highest BCUT2D eigenvalue weighted by atomic mass is 19.4. The topological polar surface area (TPSA) is 27.7 Å². The molecule has 1 unspecified atom stereocenters. The molecule has 2 fully saturated rings. The number of methoxy groups -OCH3 is 1. The van der Waals surface area contributed by atoms with E-state index in [1.807, 2.05) is 24.3 Å². The van der Waals surface area contributed by atoms with Crippen molar-refractivity contribution >= 4 is 0 Å². The fourth-order valence-electron chi connectivity index (χ4n) is 5.93. The molecule has 0 amide bonds. The monoisotopic (exact) mass is 557 g/mol. The van der Waals surface area contributed by atoms with Crippen molar-refractivity contribution in [3.63, 3.8) is 0 Å². The van der Waals surface area contributed by atoms with E-state index in [0.717, 1.165) is 50.3 Å². The number of hydrogen-bond donors (Lipinski definition) is 1. The van der Waals surface area contributed by atoms with Crippen LogP contribution < -0.4 is 10.1 Å². The van der Waals surface area contributed by atoms with Gasteiger partial charge in [0.15, 0.2) is 0 Å². The molecule has 39 heavy (non-hydrogen) atoms. The highest BCUT2D eigenvalue weighted by Crippen LogP contribution is 2.37. The Morgan fingerprint density at radius 2 is 1.51 bits per heavy atom. The Hall–Kier alpha value is -2.30. The SMILES string of the molecule is COc1ccccc1C(CNCc1cc(C(F)(F)F)cc(C(F)(F)F)c1)N1CCCN(C2CCCCC2)CC1. The fraction of sp³-hybridized carbons (Fsp3) is 0.586. The second-order valence-corrected chi connectivity index (χ2v) is 10.5. The lowest BCUT2D eigenvalue weighted by Gasteiger charge is -2.35. The number of para-hydroxylation sites is 1. The van der Waals surface area contributed by atoms with Crippen molar-refractivity contribution in [2.45, 2.75) is 69.5 Å². The molecule has 1 saturated carbocycles. The standard InChI is InChI=1S/C29H37F6N3O/c1-39-27-11-6-5-10-25(27)26(38-13-7-12-37(14-15-38)24-8-3-2-4-9-24)20-36-19-21-16-22(28(30,31)32)18-23(17-21)29(33,34)35/h5-6,10-11,16-18,24,26,36H,2-4,7-9,12-15,19-20H2,1H3. The number of hydrogen-bond acceptors (Lipinski definition) is 4. The Bertz CT molecular complexity index is 1040. The maximum absolute atomic E-state index is 13.3. The summed E-state index contributed by atoms with van der Waals surface area (Å²) in [5.41, 5.74) is -1.72. The molecule has 4 nitrogen and oxygen atoms in total. The van der Waals surface area contributed by atoms with Gasteiger partial charge in [0.05, 0.1) is 24.3 Å². The van der Waals surface area contributed by atoms with Crippen molar-refractivity contribution in [2.24, 2.45) is 0 Å². The van der Waals surface area contributed by atoms with Crippen LogP contribution in [-0.4, -0.2) is 55.7 Å². The van der Waals surface area contributed by atoms with Crippen LogP contribution in [0.25, 0.3) is 0 Å². The molecule has 2 aliphatic rings. The molecule has 1 aliphatic heterocycles. The second kappa shape index (κ2) is 12.9. The molecule has 1 atom stereocenters. The zero-order valence-electron chi connectivity index (χ0n) is 22.3. The predicted molar refractivity (Wildman–Crippen MR) is 139 cm³/mol. The minimum Gasteiger partial charge on any atom is -0.496 e. The number of nitrogens with one attached hydrogen (secondary N) is 1. The van der Waals surface area contributed by atoms with Gasteiger partial charge in [0, 0.05) is 44.3 Å². The van der Waals surface area contributed by atoms with Gasteiger partial charge in [-0.25, -0.2) is 0 Å². The van der Waals surface area contributed by atoms with E-state index < -0.39 is 23.5 Å². The molecule has 4 rings (SSSR count). The Labute approximate surface area is 226 Å². The lowest BCUT2D eigenvalue weighted by Crippen LogP contribution is -2.41. The first-order chi connectivity index (χ1) is 18.6. The molecular weight excluding hydrogens is 520 g/mol. The van der Waals surface area contributed by atoms with Crippen molar-refractivity contribution in [3.8, 4) is 5.75 Å². The first-order valence-electron chi connectivity index (χ1n) is 13.7. The van der Waals surface area contributed by atoms with Gasteiger partial charge in [-0.1, -0.05) is 37.5 Å². The third-order valence-corrected chi connectivity index (χ3v) is 7.91. The minimum absolute atomic E-state index is 0.0599. The summed E-state index contributed by atoms with van der Waals surface area (Å²) in [7, 11) is 1.60. The summed E-state index contributed by atoms with van der Waals surface area (Å²) in [5, 5.41) is 3.16. The molecule has 2 aromatic rings. The average Bonchev–Trinajstić information content (AvgIpc) is 3.17. The Balaban J connectivity index is 1.51. The van der Waals surface area contributed by atoms with Crippen LogP contribution in [0.3, 0.4) is 0 Å². The lowest BCUT2D eigenvalue weighted by molar-refractivity contribution is -0.143. The van der Waals surface area contributed by atoms with Crippen molar-refractivity contribution in [1.29, 1.82) is 0 Å². The first-order valence-corrected chi connectivity index (χ1v) is 13.7. The van der Waals surface area contributed by atoms with Crippen LogP contribution in [-0.2, 0) is 18.9 Å². The number of alkyl halides is 6. The van der Waals surface area contributed by atoms with Crippen molar-refractivity contribution < 1.29 is 31.1 Å². The van der Waals surface area contributed by atoms with Gasteiger partial charge in [0.1, 0.15) is 5.75 Å². The van der Waals surface area contributed by atoms with Crippen LogP contribution in [0.15, 0.2) is 42.5 Å². The molecule has 2 aromatic carbocycles. The van der Waals surface area contributed by atoms with E-state index in [2.05, 4.69) is 15.1 Å². The van der Waals surface area contributed by atoms with Crippen LogP contribution in [0.2, 0.25) is 0 Å². The zero-order chi connectivity index (χ0) is 28.0. The van der Waals surface area contributed by atoms with Crippen molar-refractivity contribution in [3.05, 3.63) is 64.7 Å². The molecule has 1 heterocycles. The van der Waals surface area contributed by atoms with E-state index in [1.54, 1.807) is 7.11 Å². The number of benzene rings is 2. The molecule has 0 aromatic heterocycles. The van der Waals surface area contributed by atoms with Crippen LogP contribution in [0.5, 0.6) is 5.75 Å². The quantitative estimate of drug-likeness (QED) is 0.357. The molecule has 216 valence electrons. The van der Waals surface area contributed by atoms with Gasteiger partial charge in [0.2, 0.25) is 0 Å². The van der Waals surface area contributed by atoms with Gasteiger partial charge in [-0.3, -0.25) is 9.80 Å². The highest BCUT2D eigenvalue weighted by Gasteiger charge is 2.37. The van der Waals surface area contributed by atoms with E-state index >= 15 is 0 Å². The third kappa shape index (κ3) is 7.89. The van der Waals surface area contributed by atoms with E-state index in [0.29, 0.717) is 18.3 Å². The molecule has 1 N–H and O–H groups in total. The first kappa shape index (κ1) is 29.7. The van der Waals surface area contributed by atoms with Gasteiger partial charge in [-0.05, 0) is 55.6 Å². The maximum Gasteiger partial charge on any atom is 0.416 e. The Morgan fingerprint density at radius 3 is 2.15 bits per heavy atom. The van der Waals surface area contributed by atoms with Crippen LogP contribution >= 0.6 is 0 Å². The van der Waals surface area contributed by atoms with Crippen molar-refractivity contribution in [2.75, 3.05) is 39.8 Å². The van der Waals surface area contributed by atoms with Gasteiger partial charge >= 0.3 is 12.4 Å². The summed E-state index contributed by atoms with van der Waals surface area (Å²) in [5.74, 6) is 0.705. The Morgan fingerprint density at radius 1 is 0.846 bits per heavy atom. The summed E-state index contributed by atoms with van der Waals surface area (Å²) < 4.78 is 85.6. The normalized spacial score (nSPS) is 19.6. The third-order valence-electron chi connectivity index (χ3n) is 7.91.